The van der Waals surface area contributed by atoms with E-state index in [1.807, 2.05) is 0 Å². The molecule has 0 aliphatic carbocycles. The Kier molecular flexibility index (Phi) is 4.34. The second-order valence-corrected chi connectivity index (χ2v) is 5.13. The van der Waals surface area contributed by atoms with Crippen LogP contribution in [0.1, 0.15) is 18.9 Å². The van der Waals surface area contributed by atoms with Crippen molar-refractivity contribution in [3.05, 3.63) is 29.8 Å². The standard InChI is InChI=1S/C14H18F3NO/c1-10-6-7-18-9-12(10)8-11-2-4-13(5-3-11)19-14(15,16)17/h2-5,10,12,18H,6-9H2,1H3. The fraction of sp³-hybridized carbons (Fsp3) is 0.571. The highest BCUT2D eigenvalue weighted by Gasteiger charge is 2.31. The van der Waals surface area contributed by atoms with E-state index in [-0.39, 0.29) is 5.75 Å². The summed E-state index contributed by atoms with van der Waals surface area (Å²) >= 11 is 0. The number of ether oxygens (including phenoxy) is 1. The summed E-state index contributed by atoms with van der Waals surface area (Å²) < 4.78 is 40.0. The lowest BCUT2D eigenvalue weighted by Gasteiger charge is -2.29. The first-order chi connectivity index (χ1) is 8.94. The Morgan fingerprint density at radius 1 is 1.26 bits per heavy atom. The molecular formula is C14H18F3NO. The average molecular weight is 273 g/mol. The number of piperidine rings is 1. The number of alkyl halides is 3. The highest BCUT2D eigenvalue weighted by atomic mass is 19.4. The molecule has 2 rings (SSSR count). The minimum Gasteiger partial charge on any atom is -0.406 e. The fourth-order valence-electron chi connectivity index (χ4n) is 2.46. The molecule has 1 fully saturated rings. The molecule has 1 aromatic carbocycles. The van der Waals surface area contributed by atoms with Gasteiger partial charge in [0, 0.05) is 0 Å². The van der Waals surface area contributed by atoms with Crippen molar-refractivity contribution in [1.29, 1.82) is 0 Å². The van der Waals surface area contributed by atoms with Crippen LogP contribution in [0.25, 0.3) is 0 Å². The number of hydrogen-bond acceptors (Lipinski definition) is 2. The number of hydrogen-bond donors (Lipinski definition) is 1. The van der Waals surface area contributed by atoms with Crippen LogP contribution in [0.4, 0.5) is 13.2 Å². The van der Waals surface area contributed by atoms with Crippen molar-refractivity contribution in [2.45, 2.75) is 26.1 Å². The molecule has 5 heteroatoms. The minimum atomic E-state index is -4.62. The Hall–Kier alpha value is -1.23. The molecule has 1 heterocycles. The predicted molar refractivity (Wildman–Crippen MR) is 67.0 cm³/mol. The van der Waals surface area contributed by atoms with Gasteiger partial charge in [0.15, 0.2) is 0 Å². The zero-order valence-corrected chi connectivity index (χ0v) is 10.8. The Morgan fingerprint density at radius 3 is 2.53 bits per heavy atom. The quantitative estimate of drug-likeness (QED) is 0.911. The topological polar surface area (TPSA) is 21.3 Å². The zero-order chi connectivity index (χ0) is 13.9. The van der Waals surface area contributed by atoms with Gasteiger partial charge >= 0.3 is 6.36 Å². The van der Waals surface area contributed by atoms with Gasteiger partial charge in [0.2, 0.25) is 0 Å². The van der Waals surface area contributed by atoms with E-state index < -0.39 is 6.36 Å². The fourth-order valence-corrected chi connectivity index (χ4v) is 2.46. The molecule has 106 valence electrons. The summed E-state index contributed by atoms with van der Waals surface area (Å²) in [4.78, 5) is 0. The van der Waals surface area contributed by atoms with Crippen LogP contribution >= 0.6 is 0 Å². The number of nitrogens with one attached hydrogen (secondary N) is 1. The van der Waals surface area contributed by atoms with Gasteiger partial charge in [-0.1, -0.05) is 19.1 Å². The van der Waals surface area contributed by atoms with Crippen LogP contribution < -0.4 is 10.1 Å². The molecule has 1 saturated heterocycles. The Morgan fingerprint density at radius 2 is 1.95 bits per heavy atom. The van der Waals surface area contributed by atoms with Crippen molar-refractivity contribution in [2.24, 2.45) is 11.8 Å². The van der Waals surface area contributed by atoms with Gasteiger partial charge in [-0.3, -0.25) is 0 Å². The molecular weight excluding hydrogens is 255 g/mol. The summed E-state index contributed by atoms with van der Waals surface area (Å²) in [5, 5.41) is 3.35. The lowest BCUT2D eigenvalue weighted by Crippen LogP contribution is -2.36. The molecule has 0 amide bonds. The van der Waals surface area contributed by atoms with E-state index in [0.717, 1.165) is 31.5 Å². The number of benzene rings is 1. The maximum Gasteiger partial charge on any atom is 0.573 e. The van der Waals surface area contributed by atoms with Crippen LogP contribution in [0.5, 0.6) is 5.75 Å². The first kappa shape index (κ1) is 14.2. The van der Waals surface area contributed by atoms with Gasteiger partial charge in [-0.15, -0.1) is 13.2 Å². The molecule has 0 aromatic heterocycles. The third kappa shape index (κ3) is 4.42. The van der Waals surface area contributed by atoms with Crippen LogP contribution in [0.3, 0.4) is 0 Å². The lowest BCUT2D eigenvalue weighted by molar-refractivity contribution is -0.274. The van der Waals surface area contributed by atoms with Crippen molar-refractivity contribution in [3.63, 3.8) is 0 Å². The van der Waals surface area contributed by atoms with E-state index in [4.69, 9.17) is 0 Å². The molecule has 0 spiro atoms. The highest BCUT2D eigenvalue weighted by Crippen LogP contribution is 2.26. The van der Waals surface area contributed by atoms with Crippen LogP contribution in [-0.2, 0) is 6.42 Å². The molecule has 0 bridgehead atoms. The third-order valence-electron chi connectivity index (χ3n) is 3.64. The van der Waals surface area contributed by atoms with Crippen LogP contribution in [0.2, 0.25) is 0 Å². The van der Waals surface area contributed by atoms with Crippen molar-refractivity contribution in [1.82, 2.24) is 5.32 Å². The molecule has 2 nitrogen and oxygen atoms in total. The largest absolute Gasteiger partial charge is 0.573 e. The smallest absolute Gasteiger partial charge is 0.406 e. The molecule has 1 aliphatic heterocycles. The van der Waals surface area contributed by atoms with Gasteiger partial charge in [-0.05, 0) is 55.5 Å². The summed E-state index contributed by atoms with van der Waals surface area (Å²) in [6.07, 6.45) is -2.58. The van der Waals surface area contributed by atoms with Gasteiger partial charge in [-0.25, -0.2) is 0 Å². The summed E-state index contributed by atoms with van der Waals surface area (Å²) in [6.45, 7) is 4.25. The molecule has 1 N–H and O–H groups in total. The van der Waals surface area contributed by atoms with E-state index in [1.165, 1.54) is 12.1 Å². The second-order valence-electron chi connectivity index (χ2n) is 5.13. The van der Waals surface area contributed by atoms with E-state index in [1.54, 1.807) is 12.1 Å². The van der Waals surface area contributed by atoms with Crippen LogP contribution in [0.15, 0.2) is 24.3 Å². The van der Waals surface area contributed by atoms with Crippen molar-refractivity contribution >= 4 is 0 Å². The maximum absolute atomic E-state index is 12.0. The van der Waals surface area contributed by atoms with Crippen LogP contribution in [0, 0.1) is 11.8 Å². The molecule has 2 atom stereocenters. The van der Waals surface area contributed by atoms with Crippen molar-refractivity contribution in [2.75, 3.05) is 13.1 Å². The molecule has 19 heavy (non-hydrogen) atoms. The summed E-state index contributed by atoms with van der Waals surface area (Å²) in [5.41, 5.74) is 1.05. The molecule has 2 unspecified atom stereocenters. The van der Waals surface area contributed by atoms with E-state index in [2.05, 4.69) is 17.0 Å². The Labute approximate surface area is 111 Å². The average Bonchev–Trinajstić information content (AvgIpc) is 2.33. The van der Waals surface area contributed by atoms with Gasteiger partial charge in [0.25, 0.3) is 0 Å². The maximum atomic E-state index is 12.0. The van der Waals surface area contributed by atoms with Crippen molar-refractivity contribution in [3.8, 4) is 5.75 Å². The summed E-state index contributed by atoms with van der Waals surface area (Å²) in [6, 6.07) is 6.18. The number of rotatable bonds is 3. The van der Waals surface area contributed by atoms with Gasteiger partial charge in [0.1, 0.15) is 5.75 Å². The first-order valence-electron chi connectivity index (χ1n) is 6.49. The van der Waals surface area contributed by atoms with E-state index in [9.17, 15) is 13.2 Å². The van der Waals surface area contributed by atoms with Crippen molar-refractivity contribution < 1.29 is 17.9 Å². The monoisotopic (exact) mass is 273 g/mol. The first-order valence-corrected chi connectivity index (χ1v) is 6.49. The van der Waals surface area contributed by atoms with E-state index in [0.29, 0.717) is 11.8 Å². The SMILES string of the molecule is CC1CCNCC1Cc1ccc(OC(F)(F)F)cc1. The Bertz CT molecular complexity index is 402. The molecule has 0 saturated carbocycles. The van der Waals surface area contributed by atoms with Gasteiger partial charge in [-0.2, -0.15) is 0 Å². The lowest BCUT2D eigenvalue weighted by atomic mass is 9.83. The van der Waals surface area contributed by atoms with Crippen LogP contribution in [-0.4, -0.2) is 19.5 Å². The minimum absolute atomic E-state index is 0.161. The normalized spacial score (nSPS) is 24.2. The molecule has 0 radical (unpaired) electrons. The molecule has 1 aliphatic rings. The second kappa shape index (κ2) is 5.82. The third-order valence-corrected chi connectivity index (χ3v) is 3.64. The summed E-state index contributed by atoms with van der Waals surface area (Å²) in [7, 11) is 0. The highest BCUT2D eigenvalue weighted by molar-refractivity contribution is 5.27. The summed E-state index contributed by atoms with van der Waals surface area (Å²) in [5.74, 6) is 1.03. The molecule has 1 aromatic rings. The van der Waals surface area contributed by atoms with Gasteiger partial charge in [0.05, 0.1) is 0 Å². The predicted octanol–water partition coefficient (Wildman–Crippen LogP) is 3.37. The van der Waals surface area contributed by atoms with Gasteiger partial charge < -0.3 is 10.1 Å². The zero-order valence-electron chi connectivity index (χ0n) is 10.8. The Balaban J connectivity index is 1.94. The van der Waals surface area contributed by atoms with E-state index >= 15 is 0 Å². The number of halogens is 3.